The highest BCUT2D eigenvalue weighted by molar-refractivity contribution is 5.80. The molecule has 1 amide bonds. The van der Waals surface area contributed by atoms with Crippen molar-refractivity contribution >= 4 is 22.6 Å². The normalized spacial score (nSPS) is 14.2. The molecule has 0 saturated heterocycles. The SMILES string of the molecule is Cc1cnc(NCC2(c3ccccn3)CC2)c(=O)n1CC(=O)NCc1ccc2[nH]ccc2c1. The van der Waals surface area contributed by atoms with Crippen molar-refractivity contribution in [1.29, 1.82) is 0 Å². The summed E-state index contributed by atoms with van der Waals surface area (Å²) in [6.45, 7) is 2.71. The molecule has 8 heteroatoms. The Morgan fingerprint density at radius 3 is 2.85 bits per heavy atom. The number of fused-ring (bicyclic) bond motifs is 1. The minimum absolute atomic E-state index is 0.0525. The van der Waals surface area contributed by atoms with Crippen LogP contribution in [0.25, 0.3) is 10.9 Å². The lowest BCUT2D eigenvalue weighted by Crippen LogP contribution is -2.35. The molecule has 3 heterocycles. The fraction of sp³-hybridized carbons (Fsp3) is 0.280. The lowest BCUT2D eigenvalue weighted by Gasteiger charge is -2.17. The molecule has 33 heavy (non-hydrogen) atoms. The number of nitrogens with zero attached hydrogens (tertiary/aromatic N) is 3. The third-order valence-corrected chi connectivity index (χ3v) is 6.32. The summed E-state index contributed by atoms with van der Waals surface area (Å²) in [4.78, 5) is 37.6. The van der Waals surface area contributed by atoms with E-state index in [0.717, 1.165) is 35.0 Å². The smallest absolute Gasteiger partial charge is 0.293 e. The first-order chi connectivity index (χ1) is 16.0. The van der Waals surface area contributed by atoms with Crippen LogP contribution in [0.4, 0.5) is 5.82 Å². The number of amides is 1. The van der Waals surface area contributed by atoms with Gasteiger partial charge in [-0.05, 0) is 61.0 Å². The second-order valence-corrected chi connectivity index (χ2v) is 8.66. The molecule has 0 spiro atoms. The van der Waals surface area contributed by atoms with Gasteiger partial charge in [0.1, 0.15) is 6.54 Å². The third kappa shape index (κ3) is 4.37. The molecule has 0 unspecified atom stereocenters. The lowest BCUT2D eigenvalue weighted by molar-refractivity contribution is -0.121. The van der Waals surface area contributed by atoms with Crippen molar-refractivity contribution in [2.24, 2.45) is 0 Å². The fourth-order valence-electron chi connectivity index (χ4n) is 4.11. The summed E-state index contributed by atoms with van der Waals surface area (Å²) < 4.78 is 1.46. The van der Waals surface area contributed by atoms with Gasteiger partial charge in [0.15, 0.2) is 5.82 Å². The zero-order valence-electron chi connectivity index (χ0n) is 18.5. The summed E-state index contributed by atoms with van der Waals surface area (Å²) in [5.74, 6) is 0.0344. The number of pyridine rings is 1. The van der Waals surface area contributed by atoms with E-state index < -0.39 is 0 Å². The number of carbonyl (C=O) groups is 1. The maximum atomic E-state index is 13.0. The maximum Gasteiger partial charge on any atom is 0.293 e. The van der Waals surface area contributed by atoms with Crippen molar-refractivity contribution in [2.45, 2.75) is 38.3 Å². The first-order valence-electron chi connectivity index (χ1n) is 11.1. The number of carbonyl (C=O) groups excluding carboxylic acids is 1. The molecule has 0 bridgehead atoms. The van der Waals surface area contributed by atoms with Gasteiger partial charge in [-0.1, -0.05) is 12.1 Å². The van der Waals surface area contributed by atoms with Crippen LogP contribution in [0, 0.1) is 6.92 Å². The summed E-state index contributed by atoms with van der Waals surface area (Å²) in [5.41, 5.74) is 3.38. The van der Waals surface area contributed by atoms with Gasteiger partial charge in [-0.15, -0.1) is 0 Å². The van der Waals surface area contributed by atoms with Gasteiger partial charge in [-0.25, -0.2) is 4.98 Å². The van der Waals surface area contributed by atoms with Gasteiger partial charge >= 0.3 is 0 Å². The van der Waals surface area contributed by atoms with E-state index in [1.165, 1.54) is 4.57 Å². The van der Waals surface area contributed by atoms with E-state index in [2.05, 4.69) is 25.6 Å². The van der Waals surface area contributed by atoms with Crippen LogP contribution in [-0.4, -0.2) is 32.0 Å². The molecule has 0 radical (unpaired) electrons. The molecular weight excluding hydrogens is 416 g/mol. The number of rotatable bonds is 8. The molecule has 1 fully saturated rings. The van der Waals surface area contributed by atoms with Gasteiger partial charge in [0, 0.05) is 54.0 Å². The van der Waals surface area contributed by atoms with Crippen LogP contribution in [0.3, 0.4) is 0 Å². The molecule has 4 aromatic rings. The number of aromatic amines is 1. The number of hydrogen-bond donors (Lipinski definition) is 3. The van der Waals surface area contributed by atoms with E-state index in [1.807, 2.05) is 48.7 Å². The van der Waals surface area contributed by atoms with Gasteiger partial charge in [0.25, 0.3) is 5.56 Å². The number of H-pyrrole nitrogens is 1. The fourth-order valence-corrected chi connectivity index (χ4v) is 4.11. The topological polar surface area (TPSA) is 105 Å². The number of aryl methyl sites for hydroxylation is 1. The highest BCUT2D eigenvalue weighted by atomic mass is 16.2. The van der Waals surface area contributed by atoms with Crippen molar-refractivity contribution in [3.05, 3.63) is 88.4 Å². The van der Waals surface area contributed by atoms with E-state index >= 15 is 0 Å². The Bertz CT molecular complexity index is 1350. The predicted octanol–water partition coefficient (Wildman–Crippen LogP) is 2.89. The Morgan fingerprint density at radius 1 is 1.18 bits per heavy atom. The van der Waals surface area contributed by atoms with Crippen LogP contribution < -0.4 is 16.2 Å². The standard InChI is InChI=1S/C25H26N6O2/c1-17-13-29-23(30-16-25(8-9-25)21-4-2-3-10-27-21)24(33)31(17)15-22(32)28-14-18-5-6-20-19(12-18)7-11-26-20/h2-7,10-13,26H,8-9,14-16H2,1H3,(H,28,32)(H,29,30). The van der Waals surface area contributed by atoms with Crippen LogP contribution in [0.5, 0.6) is 0 Å². The summed E-state index contributed by atoms with van der Waals surface area (Å²) in [6, 6.07) is 13.9. The molecule has 1 aromatic carbocycles. The summed E-state index contributed by atoms with van der Waals surface area (Å²) in [5, 5.41) is 7.21. The Morgan fingerprint density at radius 2 is 2.06 bits per heavy atom. The van der Waals surface area contributed by atoms with Gasteiger partial charge in [0.05, 0.1) is 0 Å². The van der Waals surface area contributed by atoms with Crippen LogP contribution in [0.1, 0.15) is 29.8 Å². The molecule has 8 nitrogen and oxygen atoms in total. The number of hydrogen-bond acceptors (Lipinski definition) is 5. The number of benzene rings is 1. The van der Waals surface area contributed by atoms with Gasteiger partial charge in [-0.3, -0.25) is 19.1 Å². The van der Waals surface area contributed by atoms with Crippen LogP contribution in [-0.2, 0) is 23.3 Å². The molecule has 0 atom stereocenters. The van der Waals surface area contributed by atoms with Crippen molar-refractivity contribution in [3.63, 3.8) is 0 Å². The van der Waals surface area contributed by atoms with E-state index in [0.29, 0.717) is 18.8 Å². The zero-order chi connectivity index (χ0) is 22.8. The van der Waals surface area contributed by atoms with E-state index in [9.17, 15) is 9.59 Å². The Hall–Kier alpha value is -3.94. The molecule has 168 valence electrons. The van der Waals surface area contributed by atoms with Crippen LogP contribution in [0.15, 0.2) is 65.8 Å². The van der Waals surface area contributed by atoms with Crippen molar-refractivity contribution in [3.8, 4) is 0 Å². The molecule has 1 aliphatic carbocycles. The summed E-state index contributed by atoms with van der Waals surface area (Å²) in [7, 11) is 0. The van der Waals surface area contributed by atoms with E-state index in [4.69, 9.17) is 0 Å². The van der Waals surface area contributed by atoms with E-state index in [1.54, 1.807) is 19.3 Å². The molecule has 3 N–H and O–H groups in total. The van der Waals surface area contributed by atoms with Crippen molar-refractivity contribution < 1.29 is 4.79 Å². The second kappa shape index (κ2) is 8.54. The third-order valence-electron chi connectivity index (χ3n) is 6.32. The highest BCUT2D eigenvalue weighted by Crippen LogP contribution is 2.47. The Balaban J connectivity index is 1.24. The minimum Gasteiger partial charge on any atom is -0.365 e. The van der Waals surface area contributed by atoms with Crippen molar-refractivity contribution in [1.82, 2.24) is 24.8 Å². The predicted molar refractivity (Wildman–Crippen MR) is 127 cm³/mol. The molecule has 3 aromatic heterocycles. The first kappa shape index (κ1) is 20.9. The maximum absolute atomic E-state index is 13.0. The minimum atomic E-state index is -0.296. The Kier molecular flexibility index (Phi) is 5.42. The molecule has 1 saturated carbocycles. The van der Waals surface area contributed by atoms with Gasteiger partial charge in [-0.2, -0.15) is 0 Å². The molecule has 5 rings (SSSR count). The highest BCUT2D eigenvalue weighted by Gasteiger charge is 2.45. The largest absolute Gasteiger partial charge is 0.365 e. The molecular formula is C25H26N6O2. The average Bonchev–Trinajstić information content (AvgIpc) is 3.48. The van der Waals surface area contributed by atoms with Gasteiger partial charge < -0.3 is 15.6 Å². The number of aromatic nitrogens is 4. The molecule has 0 aliphatic heterocycles. The first-order valence-corrected chi connectivity index (χ1v) is 11.1. The zero-order valence-corrected chi connectivity index (χ0v) is 18.5. The van der Waals surface area contributed by atoms with Crippen LogP contribution in [0.2, 0.25) is 0 Å². The van der Waals surface area contributed by atoms with Crippen LogP contribution >= 0.6 is 0 Å². The lowest BCUT2D eigenvalue weighted by atomic mass is 10.0. The van der Waals surface area contributed by atoms with Gasteiger partial charge in [0.2, 0.25) is 5.91 Å². The van der Waals surface area contributed by atoms with E-state index in [-0.39, 0.29) is 29.2 Å². The number of anilines is 1. The summed E-state index contributed by atoms with van der Waals surface area (Å²) in [6.07, 6.45) is 7.35. The quantitative estimate of drug-likeness (QED) is 0.389. The average molecular weight is 443 g/mol. The monoisotopic (exact) mass is 442 g/mol. The van der Waals surface area contributed by atoms with Crippen molar-refractivity contribution in [2.75, 3.05) is 11.9 Å². The Labute approximate surface area is 191 Å². The number of nitrogens with one attached hydrogen (secondary N) is 3. The summed E-state index contributed by atoms with van der Waals surface area (Å²) >= 11 is 0. The molecule has 1 aliphatic rings. The second-order valence-electron chi connectivity index (χ2n) is 8.66.